The normalized spacial score (nSPS) is 18.9. The van der Waals surface area contributed by atoms with Gasteiger partial charge in [0.1, 0.15) is 0 Å². The molecule has 0 bridgehead atoms. The van der Waals surface area contributed by atoms with Crippen LogP contribution in [-0.4, -0.2) is 37.0 Å². The van der Waals surface area contributed by atoms with E-state index >= 15 is 0 Å². The van der Waals surface area contributed by atoms with E-state index in [2.05, 4.69) is 4.98 Å². The molecule has 1 aliphatic rings. The third-order valence-electron chi connectivity index (χ3n) is 3.47. The van der Waals surface area contributed by atoms with E-state index in [4.69, 9.17) is 11.6 Å². The first-order chi connectivity index (χ1) is 9.75. The summed E-state index contributed by atoms with van der Waals surface area (Å²) < 4.78 is 63.4. The first kappa shape index (κ1) is 16.5. The van der Waals surface area contributed by atoms with Crippen LogP contribution in [0.15, 0.2) is 23.4 Å². The van der Waals surface area contributed by atoms with Crippen LogP contribution < -0.4 is 0 Å². The highest BCUT2D eigenvalue weighted by molar-refractivity contribution is 7.89. The molecule has 118 valence electrons. The smallest absolute Gasteiger partial charge is 0.243 e. The van der Waals surface area contributed by atoms with Gasteiger partial charge in [0.25, 0.3) is 10.0 Å². The Bertz CT molecular complexity index is 582. The van der Waals surface area contributed by atoms with Gasteiger partial charge in [-0.3, -0.25) is 0 Å². The SMILES string of the molecule is O=S(=O)(c1ccc(CCl)cn1)N1CCC(C(F)(F)F)CC1. The zero-order chi connectivity index (χ0) is 15.7. The minimum absolute atomic E-state index is 0.147. The molecular formula is C12H14ClF3N2O2S. The average molecular weight is 343 g/mol. The van der Waals surface area contributed by atoms with Crippen molar-refractivity contribution in [1.29, 1.82) is 0 Å². The van der Waals surface area contributed by atoms with E-state index in [9.17, 15) is 21.6 Å². The number of halogens is 4. The minimum Gasteiger partial charge on any atom is -0.243 e. The molecule has 4 nitrogen and oxygen atoms in total. The summed E-state index contributed by atoms with van der Waals surface area (Å²) in [7, 11) is -3.84. The second-order valence-corrected chi connectivity index (χ2v) is 7.01. The number of sulfonamides is 1. The van der Waals surface area contributed by atoms with Crippen LogP contribution in [-0.2, 0) is 15.9 Å². The largest absolute Gasteiger partial charge is 0.391 e. The predicted octanol–water partition coefficient (Wildman–Crippen LogP) is 2.78. The summed E-state index contributed by atoms with van der Waals surface area (Å²) >= 11 is 5.59. The van der Waals surface area contributed by atoms with Gasteiger partial charge in [-0.15, -0.1) is 11.6 Å². The van der Waals surface area contributed by atoms with Crippen LogP contribution in [0.2, 0.25) is 0 Å². The zero-order valence-electron chi connectivity index (χ0n) is 11.0. The lowest BCUT2D eigenvalue weighted by Gasteiger charge is -2.31. The number of piperidine rings is 1. The highest BCUT2D eigenvalue weighted by Gasteiger charge is 2.43. The molecule has 1 aliphatic heterocycles. The molecule has 1 aromatic heterocycles. The fourth-order valence-electron chi connectivity index (χ4n) is 2.20. The molecule has 9 heteroatoms. The summed E-state index contributed by atoms with van der Waals surface area (Å²) in [6, 6.07) is 2.86. The van der Waals surface area contributed by atoms with Gasteiger partial charge in [-0.25, -0.2) is 13.4 Å². The van der Waals surface area contributed by atoms with Crippen LogP contribution in [0.25, 0.3) is 0 Å². The Morgan fingerprint density at radius 1 is 1.29 bits per heavy atom. The lowest BCUT2D eigenvalue weighted by atomic mass is 9.98. The van der Waals surface area contributed by atoms with Crippen LogP contribution in [0.4, 0.5) is 13.2 Å². The number of aromatic nitrogens is 1. The van der Waals surface area contributed by atoms with E-state index in [1.165, 1.54) is 18.3 Å². The number of nitrogens with zero attached hydrogens (tertiary/aromatic N) is 2. The third kappa shape index (κ3) is 3.67. The van der Waals surface area contributed by atoms with E-state index in [-0.39, 0.29) is 36.8 Å². The fourth-order valence-corrected chi connectivity index (χ4v) is 3.74. The number of rotatable bonds is 3. The van der Waals surface area contributed by atoms with Crippen molar-refractivity contribution in [2.24, 2.45) is 5.92 Å². The Morgan fingerprint density at radius 2 is 1.90 bits per heavy atom. The Labute approximate surface area is 126 Å². The monoisotopic (exact) mass is 342 g/mol. The number of pyridine rings is 1. The van der Waals surface area contributed by atoms with Gasteiger partial charge in [-0.2, -0.15) is 17.5 Å². The van der Waals surface area contributed by atoms with E-state index in [0.29, 0.717) is 5.56 Å². The zero-order valence-corrected chi connectivity index (χ0v) is 12.5. The second kappa shape index (κ2) is 6.10. The second-order valence-electron chi connectivity index (χ2n) is 4.86. The first-order valence-corrected chi connectivity index (χ1v) is 8.30. The highest BCUT2D eigenvalue weighted by atomic mass is 35.5. The Kier molecular flexibility index (Phi) is 4.79. The van der Waals surface area contributed by atoms with Crippen molar-refractivity contribution in [2.45, 2.75) is 29.9 Å². The van der Waals surface area contributed by atoms with Gasteiger partial charge in [0.2, 0.25) is 0 Å². The molecular weight excluding hydrogens is 329 g/mol. The Morgan fingerprint density at radius 3 is 2.33 bits per heavy atom. The molecule has 21 heavy (non-hydrogen) atoms. The molecule has 0 aromatic carbocycles. The van der Waals surface area contributed by atoms with Crippen molar-refractivity contribution in [2.75, 3.05) is 13.1 Å². The molecule has 0 N–H and O–H groups in total. The predicted molar refractivity (Wildman–Crippen MR) is 71.3 cm³/mol. The van der Waals surface area contributed by atoms with Gasteiger partial charge in [-0.05, 0) is 24.5 Å². The van der Waals surface area contributed by atoms with Gasteiger partial charge >= 0.3 is 6.18 Å². The molecule has 0 radical (unpaired) electrons. The standard InChI is InChI=1S/C12H14ClF3N2O2S/c13-7-9-1-2-11(17-8-9)21(19,20)18-5-3-10(4-6-18)12(14,15)16/h1-2,8,10H,3-7H2. The maximum absolute atomic E-state index is 12.6. The summed E-state index contributed by atoms with van der Waals surface area (Å²) in [4.78, 5) is 3.83. The molecule has 0 atom stereocenters. The van der Waals surface area contributed by atoms with Gasteiger partial charge in [-0.1, -0.05) is 6.07 Å². The van der Waals surface area contributed by atoms with Crippen LogP contribution in [0.3, 0.4) is 0 Å². The van der Waals surface area contributed by atoms with Crippen molar-refractivity contribution >= 4 is 21.6 Å². The lowest BCUT2D eigenvalue weighted by molar-refractivity contribution is -0.182. The molecule has 0 amide bonds. The van der Waals surface area contributed by atoms with Crippen molar-refractivity contribution in [3.63, 3.8) is 0 Å². The lowest BCUT2D eigenvalue weighted by Crippen LogP contribution is -2.42. The van der Waals surface area contributed by atoms with E-state index in [0.717, 1.165) is 4.31 Å². The van der Waals surface area contributed by atoms with E-state index in [1.807, 2.05) is 0 Å². The summed E-state index contributed by atoms with van der Waals surface area (Å²) in [5, 5.41) is -0.165. The average Bonchev–Trinajstić information content (AvgIpc) is 2.46. The third-order valence-corrected chi connectivity index (χ3v) is 5.60. The van der Waals surface area contributed by atoms with Crippen LogP contribution in [0.1, 0.15) is 18.4 Å². The molecule has 1 aromatic rings. The molecule has 1 fully saturated rings. The minimum atomic E-state index is -4.27. The van der Waals surface area contributed by atoms with Crippen molar-refractivity contribution in [3.05, 3.63) is 23.9 Å². The van der Waals surface area contributed by atoms with Crippen molar-refractivity contribution < 1.29 is 21.6 Å². The van der Waals surface area contributed by atoms with Gasteiger partial charge in [0.05, 0.1) is 5.92 Å². The number of alkyl halides is 4. The van der Waals surface area contributed by atoms with Gasteiger partial charge < -0.3 is 0 Å². The van der Waals surface area contributed by atoms with Gasteiger partial charge in [0, 0.05) is 25.2 Å². The van der Waals surface area contributed by atoms with Crippen molar-refractivity contribution in [3.8, 4) is 0 Å². The van der Waals surface area contributed by atoms with Crippen molar-refractivity contribution in [1.82, 2.24) is 9.29 Å². The van der Waals surface area contributed by atoms with Crippen LogP contribution in [0.5, 0.6) is 0 Å². The Balaban J connectivity index is 2.11. The Hall–Kier alpha value is -0.860. The van der Waals surface area contributed by atoms with Crippen LogP contribution in [0, 0.1) is 5.92 Å². The summed E-state index contributed by atoms with van der Waals surface area (Å²) in [6.45, 7) is -0.295. The summed E-state index contributed by atoms with van der Waals surface area (Å²) in [6.07, 6.45) is -3.36. The molecule has 0 aliphatic carbocycles. The van der Waals surface area contributed by atoms with Crippen LogP contribution >= 0.6 is 11.6 Å². The molecule has 0 spiro atoms. The molecule has 0 unspecified atom stereocenters. The summed E-state index contributed by atoms with van der Waals surface area (Å²) in [5.41, 5.74) is 0.673. The first-order valence-electron chi connectivity index (χ1n) is 6.33. The molecule has 1 saturated heterocycles. The summed E-state index contributed by atoms with van der Waals surface area (Å²) in [5.74, 6) is -1.22. The van der Waals surface area contributed by atoms with E-state index in [1.54, 1.807) is 0 Å². The number of hydrogen-bond donors (Lipinski definition) is 0. The molecule has 2 heterocycles. The quantitative estimate of drug-likeness (QED) is 0.794. The maximum Gasteiger partial charge on any atom is 0.391 e. The molecule has 0 saturated carbocycles. The molecule has 2 rings (SSSR count). The highest BCUT2D eigenvalue weighted by Crippen LogP contribution is 2.35. The topological polar surface area (TPSA) is 50.3 Å². The fraction of sp³-hybridized carbons (Fsp3) is 0.583. The van der Waals surface area contributed by atoms with Gasteiger partial charge in [0.15, 0.2) is 5.03 Å². The van der Waals surface area contributed by atoms with E-state index < -0.39 is 22.1 Å². The maximum atomic E-state index is 12.6. The number of hydrogen-bond acceptors (Lipinski definition) is 3.